The Balaban J connectivity index is -0.0000000457. The van der Waals surface area contributed by atoms with Crippen molar-refractivity contribution in [3.63, 3.8) is 0 Å². The number of phosphoric acid groups is 1. The van der Waals surface area contributed by atoms with Crippen LogP contribution in [0.25, 0.3) is 0 Å². The molecule has 12 heteroatoms. The average molecular weight is 206 g/mol. The molecule has 12 heavy (non-hydrogen) atoms. The summed E-state index contributed by atoms with van der Waals surface area (Å²) < 4.78 is 8.66. The van der Waals surface area contributed by atoms with Gasteiger partial charge in [-0.15, -0.1) is 0 Å². The van der Waals surface area contributed by atoms with E-state index in [0.717, 1.165) is 0 Å². The minimum absolute atomic E-state index is 0. The monoisotopic (exact) mass is 206 g/mol. The van der Waals surface area contributed by atoms with E-state index in [9.17, 15) is 0 Å². The summed E-state index contributed by atoms with van der Waals surface area (Å²) >= 11 is 0. The second-order valence-electron chi connectivity index (χ2n) is 1.07. The Kier molecular flexibility index (Phi) is 17.4. The predicted octanol–water partition coefficient (Wildman–Crippen LogP) is -10.8. The molecule has 0 aliphatic heterocycles. The maximum atomic E-state index is 8.66. The van der Waals surface area contributed by atoms with Crippen molar-refractivity contribution in [2.45, 2.75) is 0 Å². The summed E-state index contributed by atoms with van der Waals surface area (Å²) in [6.45, 7) is 0. The number of rotatable bonds is 0. The standard InChI is InChI=1S/2Li.H3O4P.H4O4Si/c;;2*1-5(2,3)4/h;;(H3,1,2,3,4);1-4H/q2*+1;;/p-2. The van der Waals surface area contributed by atoms with Crippen LogP contribution in [0.4, 0.5) is 0 Å². The van der Waals surface area contributed by atoms with Crippen LogP contribution in [0.3, 0.4) is 0 Å². The quantitative estimate of drug-likeness (QED) is 0.192. The van der Waals surface area contributed by atoms with E-state index in [1.54, 1.807) is 0 Å². The Labute approximate surface area is 93.0 Å². The van der Waals surface area contributed by atoms with E-state index in [2.05, 4.69) is 0 Å². The van der Waals surface area contributed by atoms with Crippen LogP contribution >= 0.6 is 7.82 Å². The van der Waals surface area contributed by atoms with Crippen molar-refractivity contribution in [3.8, 4) is 0 Å². The van der Waals surface area contributed by atoms with E-state index in [0.29, 0.717) is 0 Å². The topological polar surface area (TPSA) is 164 Å². The Hall–Kier alpha value is 1.36. The third kappa shape index (κ3) is 658. The Bertz CT molecular complexity index is 109. The fraction of sp³-hybridized carbons (Fsp3) is 0. The third-order valence-electron chi connectivity index (χ3n) is 0. The van der Waals surface area contributed by atoms with Crippen LogP contribution in [-0.2, 0) is 4.57 Å². The van der Waals surface area contributed by atoms with Crippen LogP contribution in [-0.4, -0.2) is 33.1 Å². The molecule has 0 aliphatic rings. The summed E-state index contributed by atoms with van der Waals surface area (Å²) in [4.78, 5) is 53.6. The van der Waals surface area contributed by atoms with Gasteiger partial charge in [-0.05, 0) is 0 Å². The molecule has 0 aromatic rings. The molecular formula is H5Li2O8PSi. The van der Waals surface area contributed by atoms with E-state index in [4.69, 9.17) is 38.4 Å². The molecule has 0 amide bonds. The van der Waals surface area contributed by atoms with Gasteiger partial charge in [-0.1, -0.05) is 0 Å². The van der Waals surface area contributed by atoms with Gasteiger partial charge in [0.1, 0.15) is 0 Å². The molecule has 0 aromatic heterocycles. The first-order valence-corrected chi connectivity index (χ1v) is 4.93. The van der Waals surface area contributed by atoms with E-state index >= 15 is 0 Å². The third-order valence-corrected chi connectivity index (χ3v) is 0. The summed E-state index contributed by atoms with van der Waals surface area (Å²) in [5, 5.41) is 0. The largest absolute Gasteiger partial charge is 1.00 e. The van der Waals surface area contributed by atoms with Crippen molar-refractivity contribution in [2.75, 3.05) is 0 Å². The smallest absolute Gasteiger partial charge is 0.790 e. The Morgan fingerprint density at radius 1 is 1.00 bits per heavy atom. The molecule has 0 aromatic carbocycles. The molecule has 0 spiro atoms. The summed E-state index contributed by atoms with van der Waals surface area (Å²) in [7, 11) is -9.75. The van der Waals surface area contributed by atoms with E-state index < -0.39 is 16.9 Å². The maximum absolute atomic E-state index is 8.66. The zero-order valence-corrected chi connectivity index (χ0v) is 8.30. The molecule has 0 radical (unpaired) electrons. The second-order valence-corrected chi connectivity index (χ2v) is 3.21. The molecule has 5 N–H and O–H groups in total. The summed E-state index contributed by atoms with van der Waals surface area (Å²) in [5.74, 6) is 0. The molecule has 0 atom stereocenters. The average Bonchev–Trinajstić information content (AvgIpc) is 1.12. The van der Waals surface area contributed by atoms with Gasteiger partial charge in [0.25, 0.3) is 0 Å². The van der Waals surface area contributed by atoms with Crippen molar-refractivity contribution in [1.82, 2.24) is 0 Å². The zero-order valence-electron chi connectivity index (χ0n) is 6.41. The van der Waals surface area contributed by atoms with E-state index in [-0.39, 0.29) is 37.7 Å². The van der Waals surface area contributed by atoms with Crippen molar-refractivity contribution in [2.24, 2.45) is 0 Å². The molecular weight excluding hydrogens is 201 g/mol. The SMILES string of the molecule is O=P([O-])([O-])O.O[Si](O)(O)O.[Li+].[Li+]. The molecule has 0 unspecified atom stereocenters. The van der Waals surface area contributed by atoms with E-state index in [1.807, 2.05) is 0 Å². The molecule has 0 rings (SSSR count). The molecule has 8 nitrogen and oxygen atoms in total. The van der Waals surface area contributed by atoms with Crippen LogP contribution in [0.5, 0.6) is 0 Å². The molecule has 64 valence electrons. The van der Waals surface area contributed by atoms with Crippen LogP contribution < -0.4 is 47.5 Å². The van der Waals surface area contributed by atoms with Gasteiger partial charge in [0, 0.05) is 0 Å². The molecule has 0 aliphatic carbocycles. The first kappa shape index (κ1) is 23.3. The minimum atomic E-state index is -5.14. The summed E-state index contributed by atoms with van der Waals surface area (Å²) in [5.41, 5.74) is 0. The zero-order chi connectivity index (χ0) is 9.00. The van der Waals surface area contributed by atoms with E-state index in [1.165, 1.54) is 0 Å². The van der Waals surface area contributed by atoms with Gasteiger partial charge in [-0.25, -0.2) is 0 Å². The van der Waals surface area contributed by atoms with Crippen LogP contribution in [0.2, 0.25) is 0 Å². The fourth-order valence-corrected chi connectivity index (χ4v) is 0. The minimum Gasteiger partial charge on any atom is -0.790 e. The summed E-state index contributed by atoms with van der Waals surface area (Å²) in [6.07, 6.45) is 0. The molecule has 0 bridgehead atoms. The predicted molar refractivity (Wildman–Crippen MR) is 24.5 cm³/mol. The van der Waals surface area contributed by atoms with Gasteiger partial charge >= 0.3 is 46.8 Å². The van der Waals surface area contributed by atoms with Gasteiger partial charge < -0.3 is 38.4 Å². The van der Waals surface area contributed by atoms with Gasteiger partial charge in [0.2, 0.25) is 0 Å². The molecule has 0 saturated carbocycles. The molecule has 0 heterocycles. The number of hydrogen-bond acceptors (Lipinski definition) is 7. The van der Waals surface area contributed by atoms with Crippen molar-refractivity contribution in [3.05, 3.63) is 0 Å². The summed E-state index contributed by atoms with van der Waals surface area (Å²) in [6, 6.07) is 0. The Morgan fingerprint density at radius 2 is 1.00 bits per heavy atom. The molecule has 0 fully saturated rings. The van der Waals surface area contributed by atoms with Crippen molar-refractivity contribution < 1.29 is 76.1 Å². The first-order chi connectivity index (χ1) is 4.00. The Morgan fingerprint density at radius 3 is 1.00 bits per heavy atom. The van der Waals surface area contributed by atoms with Gasteiger partial charge in [-0.3, -0.25) is 0 Å². The second kappa shape index (κ2) is 8.94. The fourth-order valence-electron chi connectivity index (χ4n) is 0. The van der Waals surface area contributed by atoms with Crippen molar-refractivity contribution in [1.29, 1.82) is 0 Å². The van der Waals surface area contributed by atoms with Gasteiger partial charge in [0.05, 0.1) is 7.82 Å². The number of hydrogen-bond donors (Lipinski definition) is 5. The maximum Gasteiger partial charge on any atom is 1.00 e. The normalized spacial score (nSPS) is 9.92. The molecule has 0 saturated heterocycles. The van der Waals surface area contributed by atoms with Gasteiger partial charge in [-0.2, -0.15) is 0 Å². The van der Waals surface area contributed by atoms with Crippen molar-refractivity contribution >= 4 is 16.9 Å². The van der Waals surface area contributed by atoms with Crippen LogP contribution in [0.15, 0.2) is 0 Å². The first-order valence-electron chi connectivity index (χ1n) is 1.64. The van der Waals surface area contributed by atoms with Crippen LogP contribution in [0.1, 0.15) is 0 Å². The van der Waals surface area contributed by atoms with Gasteiger partial charge in [0.15, 0.2) is 0 Å². The van der Waals surface area contributed by atoms with Crippen LogP contribution in [0, 0.1) is 0 Å².